The molecular weight excluding hydrogens is 455 g/mol. The molecule has 0 aromatic heterocycles. The topological polar surface area (TPSA) is 58.1 Å². The number of halogens is 1. The molecule has 27 heavy (non-hydrogen) atoms. The van der Waals surface area contributed by atoms with E-state index in [-0.39, 0.29) is 24.0 Å². The van der Waals surface area contributed by atoms with Gasteiger partial charge in [0.1, 0.15) is 0 Å². The van der Waals surface area contributed by atoms with Crippen molar-refractivity contribution in [1.82, 2.24) is 15.5 Å². The minimum absolute atomic E-state index is 0. The lowest BCUT2D eigenvalue weighted by atomic mass is 9.94. The second kappa shape index (κ2) is 15.8. The maximum atomic E-state index is 5.74. The van der Waals surface area contributed by atoms with Crippen LogP contribution >= 0.6 is 24.0 Å². The van der Waals surface area contributed by atoms with Gasteiger partial charge in [0.2, 0.25) is 0 Å². The van der Waals surface area contributed by atoms with Crippen LogP contribution in [-0.2, 0) is 9.47 Å². The highest BCUT2D eigenvalue weighted by atomic mass is 127. The Kier molecular flexibility index (Phi) is 14.5. The van der Waals surface area contributed by atoms with Gasteiger partial charge >= 0.3 is 0 Å². The molecule has 0 spiro atoms. The Balaban J connectivity index is 0.00000364. The van der Waals surface area contributed by atoms with E-state index in [4.69, 9.17) is 9.47 Å². The summed E-state index contributed by atoms with van der Waals surface area (Å²) < 4.78 is 11.1. The third kappa shape index (κ3) is 10.9. The van der Waals surface area contributed by atoms with Gasteiger partial charge in [0.25, 0.3) is 0 Å². The molecular formula is C20H41IN4O2. The van der Waals surface area contributed by atoms with Crippen LogP contribution in [0, 0.1) is 5.92 Å². The lowest BCUT2D eigenvalue weighted by Crippen LogP contribution is -2.43. The van der Waals surface area contributed by atoms with Crippen molar-refractivity contribution in [2.24, 2.45) is 10.9 Å². The molecule has 1 aliphatic heterocycles. The van der Waals surface area contributed by atoms with Crippen molar-refractivity contribution < 1.29 is 9.47 Å². The minimum Gasteiger partial charge on any atom is -0.381 e. The molecule has 2 fully saturated rings. The van der Waals surface area contributed by atoms with Crippen LogP contribution in [0.1, 0.15) is 51.9 Å². The molecule has 0 amide bonds. The van der Waals surface area contributed by atoms with E-state index in [0.29, 0.717) is 5.92 Å². The Hall–Kier alpha value is -0.120. The van der Waals surface area contributed by atoms with Crippen LogP contribution in [0.4, 0.5) is 0 Å². The van der Waals surface area contributed by atoms with Gasteiger partial charge in [-0.2, -0.15) is 0 Å². The lowest BCUT2D eigenvalue weighted by Gasteiger charge is -2.31. The molecule has 0 aromatic rings. The third-order valence-electron chi connectivity index (χ3n) is 5.39. The highest BCUT2D eigenvalue weighted by Gasteiger charge is 2.17. The molecule has 0 bridgehead atoms. The van der Waals surface area contributed by atoms with Crippen LogP contribution in [-0.4, -0.2) is 76.6 Å². The summed E-state index contributed by atoms with van der Waals surface area (Å²) in [5.74, 6) is 1.52. The van der Waals surface area contributed by atoms with Gasteiger partial charge in [-0.25, -0.2) is 0 Å². The highest BCUT2D eigenvalue weighted by Crippen LogP contribution is 2.21. The number of ether oxygens (including phenoxy) is 2. The Bertz CT molecular complexity index is 386. The van der Waals surface area contributed by atoms with Gasteiger partial charge in [-0.15, -0.1) is 24.0 Å². The summed E-state index contributed by atoms with van der Waals surface area (Å²) in [6.07, 6.45) is 9.02. The van der Waals surface area contributed by atoms with Gasteiger partial charge in [-0.05, 0) is 39.7 Å². The number of aliphatic imine (C=N–C) groups is 1. The molecule has 2 rings (SSSR count). The standard InChI is InChI=1S/C20H40N4O2.HI/c1-3-21-20(22-11-7-14-25-16-18-10-15-26-17-18)23-12-13-24(2)19-8-5-4-6-9-19;/h18-19H,3-17H2,1-2H3,(H2,21,22,23);1H. The van der Waals surface area contributed by atoms with E-state index in [0.717, 1.165) is 77.4 Å². The minimum atomic E-state index is 0. The molecule has 1 unspecified atom stereocenters. The fourth-order valence-corrected chi connectivity index (χ4v) is 3.72. The number of hydrogen-bond acceptors (Lipinski definition) is 4. The summed E-state index contributed by atoms with van der Waals surface area (Å²) in [5, 5.41) is 6.80. The van der Waals surface area contributed by atoms with Gasteiger partial charge in [0.15, 0.2) is 5.96 Å². The predicted molar refractivity (Wildman–Crippen MR) is 123 cm³/mol. The SMILES string of the molecule is CCNC(=NCCCOCC1CCOC1)NCCN(C)C1CCCCC1.I. The van der Waals surface area contributed by atoms with Crippen molar-refractivity contribution >= 4 is 29.9 Å². The molecule has 0 radical (unpaired) electrons. The number of hydrogen-bond donors (Lipinski definition) is 2. The Morgan fingerprint density at radius 1 is 1.19 bits per heavy atom. The summed E-state index contributed by atoms with van der Waals surface area (Å²) in [6.45, 7) is 9.18. The molecule has 7 heteroatoms. The van der Waals surface area contributed by atoms with Gasteiger partial charge in [-0.3, -0.25) is 4.99 Å². The largest absolute Gasteiger partial charge is 0.381 e. The monoisotopic (exact) mass is 496 g/mol. The van der Waals surface area contributed by atoms with E-state index in [1.54, 1.807) is 0 Å². The fourth-order valence-electron chi connectivity index (χ4n) is 3.72. The first kappa shape index (κ1) is 24.9. The van der Waals surface area contributed by atoms with Crippen LogP contribution in [0.2, 0.25) is 0 Å². The Labute approximate surface area is 183 Å². The number of rotatable bonds is 11. The van der Waals surface area contributed by atoms with Crippen LogP contribution in [0.15, 0.2) is 4.99 Å². The average Bonchev–Trinajstić information content (AvgIpc) is 3.18. The van der Waals surface area contributed by atoms with Crippen molar-refractivity contribution in [3.63, 3.8) is 0 Å². The second-order valence-corrected chi connectivity index (χ2v) is 7.62. The van der Waals surface area contributed by atoms with Gasteiger partial charge in [0, 0.05) is 51.4 Å². The van der Waals surface area contributed by atoms with Gasteiger partial charge < -0.3 is 25.0 Å². The van der Waals surface area contributed by atoms with E-state index < -0.39 is 0 Å². The highest BCUT2D eigenvalue weighted by molar-refractivity contribution is 14.0. The summed E-state index contributed by atoms with van der Waals surface area (Å²) in [7, 11) is 2.26. The zero-order chi connectivity index (χ0) is 18.5. The summed E-state index contributed by atoms with van der Waals surface area (Å²) in [5.41, 5.74) is 0. The summed E-state index contributed by atoms with van der Waals surface area (Å²) >= 11 is 0. The van der Waals surface area contributed by atoms with E-state index >= 15 is 0 Å². The predicted octanol–water partition coefficient (Wildman–Crippen LogP) is 2.87. The number of nitrogens with one attached hydrogen (secondary N) is 2. The molecule has 160 valence electrons. The quantitative estimate of drug-likeness (QED) is 0.200. The summed E-state index contributed by atoms with van der Waals surface area (Å²) in [4.78, 5) is 7.17. The molecule has 2 N–H and O–H groups in total. The molecule has 1 saturated carbocycles. The maximum absolute atomic E-state index is 5.74. The molecule has 6 nitrogen and oxygen atoms in total. The average molecular weight is 496 g/mol. The first-order valence-corrected chi connectivity index (χ1v) is 10.7. The molecule has 1 aliphatic carbocycles. The lowest BCUT2D eigenvalue weighted by molar-refractivity contribution is 0.0893. The zero-order valence-electron chi connectivity index (χ0n) is 17.4. The van der Waals surface area contributed by atoms with Crippen molar-refractivity contribution in [3.8, 4) is 0 Å². The van der Waals surface area contributed by atoms with E-state index in [2.05, 4.69) is 34.5 Å². The van der Waals surface area contributed by atoms with Crippen molar-refractivity contribution in [1.29, 1.82) is 0 Å². The van der Waals surface area contributed by atoms with E-state index in [1.165, 1.54) is 32.1 Å². The van der Waals surface area contributed by atoms with E-state index in [1.807, 2.05) is 0 Å². The normalized spacial score (nSPS) is 21.3. The van der Waals surface area contributed by atoms with Crippen molar-refractivity contribution in [2.45, 2.75) is 57.9 Å². The number of nitrogens with zero attached hydrogens (tertiary/aromatic N) is 2. The van der Waals surface area contributed by atoms with Crippen LogP contribution < -0.4 is 10.6 Å². The Morgan fingerprint density at radius 3 is 2.70 bits per heavy atom. The molecule has 2 aliphatic rings. The van der Waals surface area contributed by atoms with Crippen LogP contribution in [0.3, 0.4) is 0 Å². The fraction of sp³-hybridized carbons (Fsp3) is 0.950. The van der Waals surface area contributed by atoms with Crippen molar-refractivity contribution in [3.05, 3.63) is 0 Å². The summed E-state index contributed by atoms with van der Waals surface area (Å²) in [6, 6.07) is 0.771. The third-order valence-corrected chi connectivity index (χ3v) is 5.39. The number of guanidine groups is 1. The smallest absolute Gasteiger partial charge is 0.191 e. The van der Waals surface area contributed by atoms with Crippen LogP contribution in [0.5, 0.6) is 0 Å². The second-order valence-electron chi connectivity index (χ2n) is 7.62. The maximum Gasteiger partial charge on any atom is 0.191 e. The first-order chi connectivity index (χ1) is 12.8. The zero-order valence-corrected chi connectivity index (χ0v) is 19.7. The number of likely N-dealkylation sites (N-methyl/N-ethyl adjacent to an activating group) is 1. The van der Waals surface area contributed by atoms with E-state index in [9.17, 15) is 0 Å². The Morgan fingerprint density at radius 2 is 2.00 bits per heavy atom. The van der Waals surface area contributed by atoms with Gasteiger partial charge in [0.05, 0.1) is 13.2 Å². The molecule has 1 saturated heterocycles. The molecule has 0 aromatic carbocycles. The van der Waals surface area contributed by atoms with Crippen LogP contribution in [0.25, 0.3) is 0 Å². The van der Waals surface area contributed by atoms with Crippen molar-refractivity contribution in [2.75, 3.05) is 59.7 Å². The van der Waals surface area contributed by atoms with Gasteiger partial charge in [-0.1, -0.05) is 19.3 Å². The molecule has 1 atom stereocenters. The first-order valence-electron chi connectivity index (χ1n) is 10.7. The molecule has 1 heterocycles.